The highest BCUT2D eigenvalue weighted by molar-refractivity contribution is 5.97. The van der Waals surface area contributed by atoms with E-state index in [1.807, 2.05) is 0 Å². The molecule has 0 aliphatic carbocycles. The molecule has 0 aliphatic rings. The molecule has 0 rings (SSSR count). The van der Waals surface area contributed by atoms with Crippen molar-refractivity contribution >= 4 is 18.0 Å². The zero-order valence-corrected chi connectivity index (χ0v) is 6.36. The summed E-state index contributed by atoms with van der Waals surface area (Å²) in [6.45, 7) is 3.15. The van der Waals surface area contributed by atoms with Gasteiger partial charge in [0, 0.05) is 12.2 Å². The first-order chi connectivity index (χ1) is 5.70. The Hall–Kier alpha value is -1.71. The Kier molecular flexibility index (Phi) is 5.17. The molecular weight excluding hydrogens is 160 g/mol. The minimum absolute atomic E-state index is 0.206. The van der Waals surface area contributed by atoms with E-state index in [1.54, 1.807) is 0 Å². The first-order valence-corrected chi connectivity index (χ1v) is 3.16. The van der Waals surface area contributed by atoms with E-state index in [1.165, 1.54) is 0 Å². The van der Waals surface area contributed by atoms with Gasteiger partial charge in [-0.15, -0.1) is 0 Å². The van der Waals surface area contributed by atoms with Gasteiger partial charge in [0.15, 0.2) is 5.78 Å². The topological polar surface area (TPSA) is 60.4 Å². The van der Waals surface area contributed by atoms with E-state index in [0.717, 1.165) is 18.4 Å². The van der Waals surface area contributed by atoms with Gasteiger partial charge in [0.05, 0.1) is 12.7 Å². The summed E-state index contributed by atoms with van der Waals surface area (Å²) < 4.78 is 4.33. The normalized spacial score (nSPS) is 9.33. The molecule has 0 aliphatic heterocycles. The Balaban J connectivity index is 3.75. The third-order valence-electron chi connectivity index (χ3n) is 0.889. The number of ketones is 1. The van der Waals surface area contributed by atoms with Crippen molar-refractivity contribution in [2.45, 2.75) is 6.42 Å². The Labute approximate surface area is 69.5 Å². The molecule has 0 amide bonds. The van der Waals surface area contributed by atoms with Crippen LogP contribution in [0.2, 0.25) is 0 Å². The van der Waals surface area contributed by atoms with E-state index in [-0.39, 0.29) is 6.42 Å². The highest BCUT2D eigenvalue weighted by Gasteiger charge is 1.94. The van der Waals surface area contributed by atoms with Gasteiger partial charge in [0.25, 0.3) is 0 Å². The van der Waals surface area contributed by atoms with E-state index in [2.05, 4.69) is 11.3 Å². The molecule has 0 unspecified atom stereocenters. The van der Waals surface area contributed by atoms with E-state index < -0.39 is 11.8 Å². The van der Waals surface area contributed by atoms with Crippen LogP contribution in [0.5, 0.6) is 0 Å². The smallest absolute Gasteiger partial charge is 0.334 e. The van der Waals surface area contributed by atoms with E-state index in [0.29, 0.717) is 6.29 Å². The van der Waals surface area contributed by atoms with Crippen molar-refractivity contribution in [2.75, 3.05) is 0 Å². The first-order valence-electron chi connectivity index (χ1n) is 3.16. The second-order valence-electron chi connectivity index (χ2n) is 1.78. The van der Waals surface area contributed by atoms with E-state index in [4.69, 9.17) is 0 Å². The number of carbonyl (C=O) groups excluding carboxylic acids is 3. The van der Waals surface area contributed by atoms with E-state index in [9.17, 15) is 14.4 Å². The van der Waals surface area contributed by atoms with Crippen LogP contribution < -0.4 is 0 Å². The summed E-state index contributed by atoms with van der Waals surface area (Å²) in [4.78, 5) is 30.7. The summed E-state index contributed by atoms with van der Waals surface area (Å²) in [6.07, 6.45) is 3.17. The molecule has 64 valence electrons. The van der Waals surface area contributed by atoms with Crippen LogP contribution >= 0.6 is 0 Å². The van der Waals surface area contributed by atoms with Crippen LogP contribution in [0.15, 0.2) is 25.0 Å². The summed E-state index contributed by atoms with van der Waals surface area (Å²) in [5, 5.41) is 0. The molecule has 4 nitrogen and oxygen atoms in total. The first kappa shape index (κ1) is 10.3. The van der Waals surface area contributed by atoms with Crippen LogP contribution in [-0.4, -0.2) is 18.0 Å². The van der Waals surface area contributed by atoms with Gasteiger partial charge < -0.3 is 9.53 Å². The van der Waals surface area contributed by atoms with Crippen LogP contribution in [0.25, 0.3) is 0 Å². The maximum atomic E-state index is 10.6. The zero-order chi connectivity index (χ0) is 9.40. The Morgan fingerprint density at radius 1 is 1.42 bits per heavy atom. The predicted octanol–water partition coefficient (Wildman–Crippen LogP) is 0.387. The highest BCUT2D eigenvalue weighted by Crippen LogP contribution is 1.85. The monoisotopic (exact) mass is 168 g/mol. The van der Waals surface area contributed by atoms with Crippen molar-refractivity contribution < 1.29 is 19.1 Å². The Morgan fingerprint density at radius 3 is 2.58 bits per heavy atom. The minimum atomic E-state index is -0.648. The number of hydrogen-bond acceptors (Lipinski definition) is 4. The van der Waals surface area contributed by atoms with Gasteiger partial charge in [0.2, 0.25) is 0 Å². The van der Waals surface area contributed by atoms with E-state index >= 15 is 0 Å². The second-order valence-corrected chi connectivity index (χ2v) is 1.78. The van der Waals surface area contributed by atoms with Crippen molar-refractivity contribution in [1.29, 1.82) is 0 Å². The van der Waals surface area contributed by atoms with Crippen LogP contribution in [0, 0.1) is 0 Å². The second kappa shape index (κ2) is 6.03. The Morgan fingerprint density at radius 2 is 2.08 bits per heavy atom. The molecule has 0 saturated heterocycles. The largest absolute Gasteiger partial charge is 0.431 e. The quantitative estimate of drug-likeness (QED) is 0.196. The number of carbonyl (C=O) groups is 3. The summed E-state index contributed by atoms with van der Waals surface area (Å²) in [6, 6.07) is 0. The molecule has 0 fully saturated rings. The fourth-order valence-electron chi connectivity index (χ4n) is 0.375. The molecule has 0 N–H and O–H groups in total. The number of rotatable bonds is 5. The molecule has 4 heteroatoms. The maximum Gasteiger partial charge on any atom is 0.334 e. The molecule has 0 heterocycles. The summed E-state index contributed by atoms with van der Waals surface area (Å²) in [7, 11) is 0. The van der Waals surface area contributed by atoms with Gasteiger partial charge in [-0.3, -0.25) is 4.79 Å². The van der Waals surface area contributed by atoms with Crippen LogP contribution in [0.3, 0.4) is 0 Å². The molecular formula is C8H8O4. The maximum absolute atomic E-state index is 10.6. The molecule has 0 spiro atoms. The summed E-state index contributed by atoms with van der Waals surface area (Å²) in [5.41, 5.74) is 0. The SMILES string of the molecule is C=CC(=O)OC=CC(=O)CC=O. The van der Waals surface area contributed by atoms with Crippen molar-refractivity contribution in [2.24, 2.45) is 0 Å². The van der Waals surface area contributed by atoms with Gasteiger partial charge in [-0.25, -0.2) is 4.79 Å². The van der Waals surface area contributed by atoms with Crippen LogP contribution in [-0.2, 0) is 19.1 Å². The number of allylic oxidation sites excluding steroid dienone is 1. The molecule has 0 radical (unpaired) electrons. The lowest BCUT2D eigenvalue weighted by molar-refractivity contribution is -0.132. The van der Waals surface area contributed by atoms with Gasteiger partial charge >= 0.3 is 5.97 Å². The number of ether oxygens (including phenoxy) is 1. The molecule has 0 aromatic carbocycles. The number of esters is 1. The fourth-order valence-corrected chi connectivity index (χ4v) is 0.375. The third-order valence-corrected chi connectivity index (χ3v) is 0.889. The minimum Gasteiger partial charge on any atom is -0.431 e. The summed E-state index contributed by atoms with van der Waals surface area (Å²) in [5.74, 6) is -1.06. The summed E-state index contributed by atoms with van der Waals surface area (Å²) >= 11 is 0. The molecule has 0 aromatic rings. The number of hydrogen-bond donors (Lipinski definition) is 0. The highest BCUT2D eigenvalue weighted by atomic mass is 16.5. The molecule has 0 bridgehead atoms. The average Bonchev–Trinajstić information content (AvgIpc) is 2.04. The van der Waals surface area contributed by atoms with Crippen LogP contribution in [0.4, 0.5) is 0 Å². The molecule has 0 atom stereocenters. The van der Waals surface area contributed by atoms with Crippen LogP contribution in [0.1, 0.15) is 6.42 Å². The fraction of sp³-hybridized carbons (Fsp3) is 0.125. The Bertz CT molecular complexity index is 227. The predicted molar refractivity (Wildman–Crippen MR) is 41.1 cm³/mol. The van der Waals surface area contributed by atoms with Gasteiger partial charge in [-0.1, -0.05) is 6.58 Å². The molecule has 0 aromatic heterocycles. The zero-order valence-electron chi connectivity index (χ0n) is 6.36. The van der Waals surface area contributed by atoms with Crippen molar-refractivity contribution in [3.63, 3.8) is 0 Å². The van der Waals surface area contributed by atoms with Gasteiger partial charge in [0.1, 0.15) is 6.29 Å². The van der Waals surface area contributed by atoms with Gasteiger partial charge in [-0.05, 0) is 0 Å². The number of aldehydes is 1. The van der Waals surface area contributed by atoms with Crippen molar-refractivity contribution in [1.82, 2.24) is 0 Å². The lowest BCUT2D eigenvalue weighted by atomic mass is 10.3. The molecule has 0 saturated carbocycles. The van der Waals surface area contributed by atoms with Crippen molar-refractivity contribution in [3.8, 4) is 0 Å². The lowest BCUT2D eigenvalue weighted by Crippen LogP contribution is -1.96. The van der Waals surface area contributed by atoms with Crippen molar-refractivity contribution in [3.05, 3.63) is 25.0 Å². The standard InChI is InChI=1S/C8H8O4/c1-2-8(11)12-6-4-7(10)3-5-9/h2,4-6H,1,3H2. The average molecular weight is 168 g/mol. The van der Waals surface area contributed by atoms with Gasteiger partial charge in [-0.2, -0.15) is 0 Å². The lowest BCUT2D eigenvalue weighted by Gasteiger charge is -1.89. The molecule has 12 heavy (non-hydrogen) atoms. The third kappa shape index (κ3) is 5.10.